The van der Waals surface area contributed by atoms with Crippen LogP contribution >= 0.6 is 11.5 Å². The Morgan fingerprint density at radius 3 is 2.43 bits per heavy atom. The van der Waals surface area contributed by atoms with E-state index in [4.69, 9.17) is 0 Å². The van der Waals surface area contributed by atoms with Gasteiger partial charge in [0, 0.05) is 22.7 Å². The standard InChI is InChI=1S/C22H21FN4O2S/c23-18-13-7-6-12-17(18)20(21(28)24-15-8-4-5-9-15)27(16-10-2-1-3-11-16)22(29)19-14-30-26-25-19/h1-3,6-7,10-15,20H,4-5,8-9H2,(H,24,28)/t20-/m1/s1. The molecule has 3 aromatic rings. The highest BCUT2D eigenvalue weighted by Crippen LogP contribution is 2.31. The molecule has 1 N–H and O–H groups in total. The van der Waals surface area contributed by atoms with Gasteiger partial charge in [-0.15, -0.1) is 5.10 Å². The van der Waals surface area contributed by atoms with E-state index in [9.17, 15) is 14.0 Å². The quantitative estimate of drug-likeness (QED) is 0.646. The molecule has 0 radical (unpaired) electrons. The van der Waals surface area contributed by atoms with Gasteiger partial charge < -0.3 is 5.32 Å². The Balaban J connectivity index is 1.81. The summed E-state index contributed by atoms with van der Waals surface area (Å²) in [5.41, 5.74) is 0.720. The number of amides is 2. The van der Waals surface area contributed by atoms with E-state index in [0.29, 0.717) is 5.69 Å². The van der Waals surface area contributed by atoms with Crippen LogP contribution in [0.2, 0.25) is 0 Å². The lowest BCUT2D eigenvalue weighted by Crippen LogP contribution is -2.46. The Kier molecular flexibility index (Phi) is 6.13. The normalized spacial score (nSPS) is 15.0. The fraction of sp³-hybridized carbons (Fsp3) is 0.273. The fourth-order valence-corrected chi connectivity index (χ4v) is 4.23. The molecule has 8 heteroatoms. The summed E-state index contributed by atoms with van der Waals surface area (Å²) < 4.78 is 18.6. The Morgan fingerprint density at radius 2 is 1.77 bits per heavy atom. The van der Waals surface area contributed by atoms with Crippen LogP contribution in [0, 0.1) is 5.82 Å². The topological polar surface area (TPSA) is 75.2 Å². The van der Waals surface area contributed by atoms with E-state index in [-0.39, 0.29) is 17.3 Å². The van der Waals surface area contributed by atoms with Crippen molar-refractivity contribution in [3.63, 3.8) is 0 Å². The second kappa shape index (κ2) is 9.13. The molecule has 1 atom stereocenters. The lowest BCUT2D eigenvalue weighted by Gasteiger charge is -2.32. The van der Waals surface area contributed by atoms with Crippen LogP contribution in [-0.2, 0) is 4.79 Å². The minimum absolute atomic E-state index is 0.0282. The first-order valence-corrected chi connectivity index (χ1v) is 10.7. The SMILES string of the molecule is O=C(NC1CCCC1)[C@@H](c1ccccc1F)N(C(=O)c1csnn1)c1ccccc1. The van der Waals surface area contributed by atoms with E-state index in [0.717, 1.165) is 37.2 Å². The molecule has 2 aromatic carbocycles. The number of nitrogens with zero attached hydrogens (tertiary/aromatic N) is 3. The number of halogens is 1. The van der Waals surface area contributed by atoms with Gasteiger partial charge in [0.05, 0.1) is 0 Å². The number of aromatic nitrogens is 2. The van der Waals surface area contributed by atoms with Gasteiger partial charge in [-0.25, -0.2) is 4.39 Å². The number of nitrogens with one attached hydrogen (secondary N) is 1. The maximum absolute atomic E-state index is 14.9. The van der Waals surface area contributed by atoms with E-state index >= 15 is 0 Å². The van der Waals surface area contributed by atoms with Crippen LogP contribution in [0.4, 0.5) is 10.1 Å². The zero-order valence-electron chi connectivity index (χ0n) is 16.2. The molecule has 1 fully saturated rings. The number of carbonyl (C=O) groups excluding carboxylic acids is 2. The third kappa shape index (κ3) is 4.23. The summed E-state index contributed by atoms with van der Waals surface area (Å²) in [6.07, 6.45) is 3.85. The van der Waals surface area contributed by atoms with Crippen LogP contribution in [0.3, 0.4) is 0 Å². The molecule has 30 heavy (non-hydrogen) atoms. The lowest BCUT2D eigenvalue weighted by molar-refractivity contribution is -0.123. The molecule has 1 aromatic heterocycles. The van der Waals surface area contributed by atoms with Crippen molar-refractivity contribution in [2.75, 3.05) is 4.90 Å². The van der Waals surface area contributed by atoms with Crippen LogP contribution in [-0.4, -0.2) is 27.4 Å². The van der Waals surface area contributed by atoms with Crippen molar-refractivity contribution in [2.45, 2.75) is 37.8 Å². The molecule has 0 saturated heterocycles. The van der Waals surface area contributed by atoms with E-state index < -0.39 is 23.7 Å². The maximum Gasteiger partial charge on any atom is 0.280 e. The zero-order chi connectivity index (χ0) is 20.9. The molecule has 6 nitrogen and oxygen atoms in total. The van der Waals surface area contributed by atoms with Crippen molar-refractivity contribution in [3.05, 3.63) is 77.1 Å². The fourth-order valence-electron chi connectivity index (χ4n) is 3.80. The number of benzene rings is 2. The van der Waals surface area contributed by atoms with E-state index in [1.165, 1.54) is 22.4 Å². The van der Waals surface area contributed by atoms with Gasteiger partial charge in [-0.1, -0.05) is 53.7 Å². The van der Waals surface area contributed by atoms with E-state index in [1.807, 2.05) is 6.07 Å². The van der Waals surface area contributed by atoms with Gasteiger partial charge in [0.1, 0.15) is 11.9 Å². The predicted octanol–water partition coefficient (Wildman–Crippen LogP) is 4.12. The van der Waals surface area contributed by atoms with Crippen molar-refractivity contribution in [3.8, 4) is 0 Å². The highest BCUT2D eigenvalue weighted by molar-refractivity contribution is 7.03. The molecule has 0 aliphatic heterocycles. The highest BCUT2D eigenvalue weighted by Gasteiger charge is 2.37. The predicted molar refractivity (Wildman–Crippen MR) is 113 cm³/mol. The second-order valence-electron chi connectivity index (χ2n) is 7.21. The summed E-state index contributed by atoms with van der Waals surface area (Å²) >= 11 is 1.04. The van der Waals surface area contributed by atoms with Crippen molar-refractivity contribution in [1.82, 2.24) is 14.9 Å². The first-order valence-electron chi connectivity index (χ1n) is 9.85. The van der Waals surface area contributed by atoms with Gasteiger partial charge in [0.2, 0.25) is 5.91 Å². The second-order valence-corrected chi connectivity index (χ2v) is 7.82. The van der Waals surface area contributed by atoms with Gasteiger partial charge in [-0.2, -0.15) is 0 Å². The average molecular weight is 425 g/mol. The lowest BCUT2D eigenvalue weighted by atomic mass is 10.0. The van der Waals surface area contributed by atoms with Crippen LogP contribution < -0.4 is 10.2 Å². The molecule has 154 valence electrons. The average Bonchev–Trinajstić information content (AvgIpc) is 3.47. The van der Waals surface area contributed by atoms with Crippen molar-refractivity contribution in [2.24, 2.45) is 0 Å². The minimum Gasteiger partial charge on any atom is -0.351 e. The van der Waals surface area contributed by atoms with Crippen LogP contribution in [0.1, 0.15) is 47.8 Å². The van der Waals surface area contributed by atoms with Crippen molar-refractivity contribution in [1.29, 1.82) is 0 Å². The molecule has 4 rings (SSSR count). The maximum atomic E-state index is 14.9. The largest absolute Gasteiger partial charge is 0.351 e. The molecule has 0 unspecified atom stereocenters. The summed E-state index contributed by atoms with van der Waals surface area (Å²) in [4.78, 5) is 28.1. The Labute approximate surface area is 177 Å². The molecule has 0 bridgehead atoms. The van der Waals surface area contributed by atoms with Crippen LogP contribution in [0.5, 0.6) is 0 Å². The van der Waals surface area contributed by atoms with Gasteiger partial charge in [-0.3, -0.25) is 14.5 Å². The molecule has 1 aliphatic rings. The summed E-state index contributed by atoms with van der Waals surface area (Å²) in [5.74, 6) is -1.47. The zero-order valence-corrected chi connectivity index (χ0v) is 17.0. The number of hydrogen-bond donors (Lipinski definition) is 1. The van der Waals surface area contributed by atoms with Gasteiger partial charge in [0.15, 0.2) is 5.69 Å². The summed E-state index contributed by atoms with van der Waals surface area (Å²) in [6.45, 7) is 0. The number of rotatable bonds is 6. The molecular weight excluding hydrogens is 403 g/mol. The Hall–Kier alpha value is -3.13. The van der Waals surface area contributed by atoms with Gasteiger partial charge >= 0.3 is 0 Å². The van der Waals surface area contributed by atoms with Gasteiger partial charge in [-0.05, 0) is 42.6 Å². The van der Waals surface area contributed by atoms with E-state index in [1.54, 1.807) is 36.4 Å². The summed E-state index contributed by atoms with van der Waals surface area (Å²) in [7, 11) is 0. The molecular formula is C22H21FN4O2S. The van der Waals surface area contributed by atoms with Gasteiger partial charge in [0.25, 0.3) is 5.91 Å². The highest BCUT2D eigenvalue weighted by atomic mass is 32.1. The first kappa shape index (κ1) is 20.2. The minimum atomic E-state index is -1.18. The molecule has 0 spiro atoms. The van der Waals surface area contributed by atoms with Crippen LogP contribution in [0.25, 0.3) is 0 Å². The number of carbonyl (C=O) groups is 2. The monoisotopic (exact) mass is 424 g/mol. The number of para-hydroxylation sites is 1. The Bertz CT molecular complexity index is 1010. The van der Waals surface area contributed by atoms with E-state index in [2.05, 4.69) is 14.9 Å². The third-order valence-corrected chi connectivity index (χ3v) is 5.74. The molecule has 2 amide bonds. The van der Waals surface area contributed by atoms with Crippen molar-refractivity contribution < 1.29 is 14.0 Å². The Morgan fingerprint density at radius 1 is 1.07 bits per heavy atom. The molecule has 1 saturated carbocycles. The third-order valence-electron chi connectivity index (χ3n) is 5.24. The summed E-state index contributed by atoms with van der Waals surface area (Å²) in [5, 5.41) is 8.42. The number of anilines is 1. The smallest absolute Gasteiger partial charge is 0.280 e. The summed E-state index contributed by atoms with van der Waals surface area (Å²) in [6, 6.07) is 13.7. The first-order chi connectivity index (χ1) is 14.6. The van der Waals surface area contributed by atoms with Crippen molar-refractivity contribution >= 4 is 29.0 Å². The molecule has 1 heterocycles. The van der Waals surface area contributed by atoms with Crippen LogP contribution in [0.15, 0.2) is 60.0 Å². The number of hydrogen-bond acceptors (Lipinski definition) is 5. The molecule has 1 aliphatic carbocycles.